The summed E-state index contributed by atoms with van der Waals surface area (Å²) in [5.74, 6) is -1.95. The molecular formula is C31H33N5O8S2. The number of benzene rings is 2. The van der Waals surface area contributed by atoms with Crippen LogP contribution in [0.15, 0.2) is 71.2 Å². The number of oxime groups is 1. The Morgan fingerprint density at radius 2 is 1.70 bits per heavy atom. The second-order valence-electron chi connectivity index (χ2n) is 11.4. The van der Waals surface area contributed by atoms with Gasteiger partial charge in [0.25, 0.3) is 5.91 Å². The van der Waals surface area contributed by atoms with Gasteiger partial charge in [-0.15, -0.1) is 23.1 Å². The summed E-state index contributed by atoms with van der Waals surface area (Å²) in [6, 6.07) is 16.1. The van der Waals surface area contributed by atoms with Crippen LogP contribution >= 0.6 is 23.1 Å². The highest BCUT2D eigenvalue weighted by Crippen LogP contribution is 2.39. The lowest BCUT2D eigenvalue weighted by Gasteiger charge is -2.53. The van der Waals surface area contributed by atoms with Crippen LogP contribution in [0.2, 0.25) is 0 Å². The van der Waals surface area contributed by atoms with Crippen LogP contribution in [0.4, 0.5) is 9.93 Å². The minimum absolute atomic E-state index is 0.0973. The van der Waals surface area contributed by atoms with Crippen molar-refractivity contribution in [3.8, 4) is 0 Å². The van der Waals surface area contributed by atoms with E-state index in [1.54, 1.807) is 20.8 Å². The summed E-state index contributed by atoms with van der Waals surface area (Å²) in [5.41, 5.74) is 0.613. The normalized spacial score (nSPS) is 21.1. The van der Waals surface area contributed by atoms with Crippen LogP contribution in [0.5, 0.6) is 0 Å². The molecule has 15 heteroatoms. The number of rotatable bonds is 9. The van der Waals surface area contributed by atoms with E-state index < -0.39 is 59.1 Å². The monoisotopic (exact) mass is 667 g/mol. The van der Waals surface area contributed by atoms with Crippen LogP contribution in [-0.4, -0.2) is 86.6 Å². The fourth-order valence-electron chi connectivity index (χ4n) is 4.94. The number of β-lactam (4-membered cyclic amide) rings is 1. The minimum Gasteiger partial charge on any atom is -0.451 e. The molecule has 2 aliphatic rings. The van der Waals surface area contributed by atoms with Gasteiger partial charge in [-0.1, -0.05) is 65.8 Å². The van der Waals surface area contributed by atoms with Crippen LogP contribution in [0.25, 0.3) is 0 Å². The lowest BCUT2D eigenvalue weighted by molar-refractivity contribution is -0.173. The van der Waals surface area contributed by atoms with Gasteiger partial charge in [-0.05, 0) is 31.9 Å². The van der Waals surface area contributed by atoms with Crippen LogP contribution in [-0.2, 0) is 28.7 Å². The number of carbonyl (C=O) groups excluding carboxylic acids is 4. The molecule has 5 rings (SSSR count). The zero-order chi connectivity index (χ0) is 33.0. The topological polar surface area (TPSA) is 169 Å². The Hall–Kier alpha value is -4.47. The number of carbonyl (C=O) groups is 4. The van der Waals surface area contributed by atoms with E-state index in [0.717, 1.165) is 22.5 Å². The second-order valence-corrected chi connectivity index (χ2v) is 13.4. The van der Waals surface area contributed by atoms with Crippen molar-refractivity contribution in [1.82, 2.24) is 15.2 Å². The highest BCUT2D eigenvalue weighted by Gasteiger charge is 2.58. The number of esters is 1. The predicted molar refractivity (Wildman–Crippen MR) is 171 cm³/mol. The fourth-order valence-corrected chi connectivity index (χ4v) is 6.97. The molecule has 13 nitrogen and oxygen atoms in total. The van der Waals surface area contributed by atoms with E-state index in [1.807, 2.05) is 60.7 Å². The average molecular weight is 668 g/mol. The molecule has 4 atom stereocenters. The number of aromatic nitrogens is 1. The van der Waals surface area contributed by atoms with Gasteiger partial charge in [0.05, 0.1) is 6.10 Å². The molecule has 2 unspecified atom stereocenters. The number of fused-ring (bicyclic) bond motifs is 1. The number of nitrogens with one attached hydrogen (secondary N) is 2. The van der Waals surface area contributed by atoms with Crippen molar-refractivity contribution < 1.29 is 38.6 Å². The Labute approximate surface area is 273 Å². The van der Waals surface area contributed by atoms with Gasteiger partial charge >= 0.3 is 12.1 Å². The van der Waals surface area contributed by atoms with Crippen molar-refractivity contribution in [3.05, 3.63) is 82.9 Å². The fraction of sp³-hybridized carbons (Fsp3) is 0.355. The largest absolute Gasteiger partial charge is 0.451 e. The van der Waals surface area contributed by atoms with Crippen molar-refractivity contribution in [3.63, 3.8) is 0 Å². The van der Waals surface area contributed by atoms with Crippen molar-refractivity contribution in [2.24, 2.45) is 5.16 Å². The number of anilines is 1. The van der Waals surface area contributed by atoms with Crippen LogP contribution in [0.1, 0.15) is 43.7 Å². The summed E-state index contributed by atoms with van der Waals surface area (Å²) in [5, 5.41) is 20.8. The number of nitrogens with zero attached hydrogens (tertiary/aromatic N) is 3. The van der Waals surface area contributed by atoms with Gasteiger partial charge in [0, 0.05) is 11.1 Å². The Bertz CT molecular complexity index is 1570. The highest BCUT2D eigenvalue weighted by molar-refractivity contribution is 8.00. The van der Waals surface area contributed by atoms with Gasteiger partial charge in [-0.3, -0.25) is 14.9 Å². The number of amides is 3. The van der Waals surface area contributed by atoms with Gasteiger partial charge in [0.1, 0.15) is 29.8 Å². The van der Waals surface area contributed by atoms with Gasteiger partial charge in [-0.25, -0.2) is 14.6 Å². The molecule has 242 valence electrons. The number of thiazole rings is 1. The first kappa shape index (κ1) is 32.9. The molecule has 0 radical (unpaired) electrons. The summed E-state index contributed by atoms with van der Waals surface area (Å²) >= 11 is 2.27. The quantitative estimate of drug-likeness (QED) is 0.133. The third-order valence-electron chi connectivity index (χ3n) is 6.90. The van der Waals surface area contributed by atoms with Crippen molar-refractivity contribution in [2.75, 3.05) is 18.2 Å². The van der Waals surface area contributed by atoms with E-state index in [1.165, 1.54) is 29.2 Å². The van der Waals surface area contributed by atoms with E-state index >= 15 is 0 Å². The third kappa shape index (κ3) is 7.32. The van der Waals surface area contributed by atoms with Gasteiger partial charge in [0.15, 0.2) is 23.0 Å². The molecule has 2 aliphatic heterocycles. The molecule has 2 aromatic carbocycles. The summed E-state index contributed by atoms with van der Waals surface area (Å²) in [4.78, 5) is 62.8. The molecule has 46 heavy (non-hydrogen) atoms. The third-order valence-corrected chi connectivity index (χ3v) is 9.03. The van der Waals surface area contributed by atoms with Crippen molar-refractivity contribution in [2.45, 2.75) is 56.0 Å². The molecule has 3 N–H and O–H groups in total. The maximum absolute atomic E-state index is 13.6. The van der Waals surface area contributed by atoms with E-state index in [-0.39, 0.29) is 22.3 Å². The molecular weight excluding hydrogens is 635 g/mol. The Morgan fingerprint density at radius 3 is 2.28 bits per heavy atom. The van der Waals surface area contributed by atoms with E-state index in [2.05, 4.69) is 20.8 Å². The lowest BCUT2D eigenvalue weighted by Crippen LogP contribution is -2.77. The lowest BCUT2D eigenvalue weighted by atomic mass is 9.98. The van der Waals surface area contributed by atoms with Crippen molar-refractivity contribution in [1.29, 1.82) is 0 Å². The molecule has 1 aromatic heterocycles. The molecule has 0 aliphatic carbocycles. The minimum atomic E-state index is -1.27. The standard InChI is InChI=1S/C31H33N5O8S2/c1-31(2,3)44-30(41)34-29-32-19(15-46-29)21(35-42-4)25(38)33-22-26(39)36-23(20(37)16-45-27(22)36)28(40)43-24(17-11-7-5-8-12-17)18-13-9-6-10-14-18/h5-15,20,22-24,27,37H,16H2,1-4H3,(H,33,38)(H,32,34,41)/t20?,22-,23?,27+/m1/s1. The van der Waals surface area contributed by atoms with Crippen LogP contribution < -0.4 is 10.6 Å². The van der Waals surface area contributed by atoms with Gasteiger partial charge in [0.2, 0.25) is 5.91 Å². The predicted octanol–water partition coefficient (Wildman–Crippen LogP) is 3.30. The van der Waals surface area contributed by atoms with Gasteiger partial charge < -0.3 is 29.6 Å². The summed E-state index contributed by atoms with van der Waals surface area (Å²) in [7, 11) is 1.25. The van der Waals surface area contributed by atoms with Crippen LogP contribution in [0, 0.1) is 0 Å². The summed E-state index contributed by atoms with van der Waals surface area (Å²) in [6.07, 6.45) is -2.66. The highest BCUT2D eigenvalue weighted by atomic mass is 32.2. The first-order valence-electron chi connectivity index (χ1n) is 14.3. The molecule has 0 bridgehead atoms. The molecule has 0 spiro atoms. The number of hydrogen-bond acceptors (Lipinski definition) is 12. The Balaban J connectivity index is 1.28. The molecule has 3 aromatic rings. The van der Waals surface area contributed by atoms with Crippen LogP contribution in [0.3, 0.4) is 0 Å². The zero-order valence-electron chi connectivity index (χ0n) is 25.4. The number of aliphatic hydroxyl groups excluding tert-OH is 1. The first-order valence-corrected chi connectivity index (χ1v) is 16.2. The van der Waals surface area contributed by atoms with E-state index in [9.17, 15) is 24.3 Å². The second kappa shape index (κ2) is 13.9. The molecule has 3 heterocycles. The van der Waals surface area contributed by atoms with E-state index in [4.69, 9.17) is 14.3 Å². The van der Waals surface area contributed by atoms with Gasteiger partial charge in [-0.2, -0.15) is 0 Å². The maximum Gasteiger partial charge on any atom is 0.413 e. The van der Waals surface area contributed by atoms with Crippen molar-refractivity contribution >= 4 is 57.8 Å². The average Bonchev–Trinajstić information content (AvgIpc) is 3.48. The summed E-state index contributed by atoms with van der Waals surface area (Å²) in [6.45, 7) is 5.16. The zero-order valence-corrected chi connectivity index (χ0v) is 27.0. The van der Waals surface area contributed by atoms with E-state index in [0.29, 0.717) is 0 Å². The number of aliphatic hydroxyl groups is 1. The Kier molecular flexibility index (Phi) is 9.94. The Morgan fingerprint density at radius 1 is 1.07 bits per heavy atom. The number of hydrogen-bond donors (Lipinski definition) is 3. The number of thioether (sulfide) groups is 1. The molecule has 0 saturated carbocycles. The first-order chi connectivity index (χ1) is 22.0. The molecule has 3 amide bonds. The molecule has 2 saturated heterocycles. The smallest absolute Gasteiger partial charge is 0.413 e. The SMILES string of the molecule is CON=C(C(=O)N[C@@H]1C(=O)N2C(C(=O)OC(c3ccccc3)c3ccccc3)C(O)CS[C@@H]12)c1csc(NC(=O)OC(C)(C)C)n1. The molecule has 2 fully saturated rings. The summed E-state index contributed by atoms with van der Waals surface area (Å²) < 4.78 is 11.2. The number of ether oxygens (including phenoxy) is 2. The maximum atomic E-state index is 13.6.